The molecule has 0 saturated heterocycles. The third-order valence-electron chi connectivity index (χ3n) is 3.55. The lowest BCUT2D eigenvalue weighted by Crippen LogP contribution is -1.95. The Labute approximate surface area is 97.1 Å². The van der Waals surface area contributed by atoms with Gasteiger partial charge >= 0.3 is 0 Å². The van der Waals surface area contributed by atoms with Gasteiger partial charge in [-0.25, -0.2) is 0 Å². The molecule has 0 radical (unpaired) electrons. The number of hydrogen-bond donors (Lipinski definition) is 0. The van der Waals surface area contributed by atoms with Crippen molar-refractivity contribution in [3.63, 3.8) is 0 Å². The smallest absolute Gasteiger partial charge is 0.00730 e. The van der Waals surface area contributed by atoms with E-state index in [2.05, 4.69) is 55.5 Å². The lowest BCUT2D eigenvalue weighted by molar-refractivity contribution is 0.863. The number of fused-ring (bicyclic) bond motifs is 1. The van der Waals surface area contributed by atoms with E-state index in [9.17, 15) is 0 Å². The Hall–Kier alpha value is -1.56. The first-order valence-corrected chi connectivity index (χ1v) is 6.03. The summed E-state index contributed by atoms with van der Waals surface area (Å²) in [6.07, 6.45) is 20.3. The van der Waals surface area contributed by atoms with Crippen LogP contribution in [0.3, 0.4) is 0 Å². The SMILES string of the molecule is CC1C2=C(C=CCC=C2)C2=C1C=CCC=C2. The van der Waals surface area contributed by atoms with Crippen LogP contribution in [-0.4, -0.2) is 0 Å². The van der Waals surface area contributed by atoms with Crippen LogP contribution in [0, 0.1) is 5.92 Å². The number of rotatable bonds is 0. The minimum atomic E-state index is 0.544. The first-order chi connectivity index (χ1) is 7.88. The zero-order valence-electron chi connectivity index (χ0n) is 9.61. The molecule has 0 atom stereocenters. The Balaban J connectivity index is 2.17. The van der Waals surface area contributed by atoms with Gasteiger partial charge in [0.05, 0.1) is 0 Å². The Morgan fingerprint density at radius 1 is 0.750 bits per heavy atom. The average molecular weight is 208 g/mol. The highest BCUT2D eigenvalue weighted by Crippen LogP contribution is 2.41. The highest BCUT2D eigenvalue weighted by molar-refractivity contribution is 5.65. The van der Waals surface area contributed by atoms with Crippen molar-refractivity contribution in [1.82, 2.24) is 0 Å². The maximum atomic E-state index is 2.31. The predicted octanol–water partition coefficient (Wildman–Crippen LogP) is 4.26. The van der Waals surface area contributed by atoms with E-state index in [1.807, 2.05) is 0 Å². The van der Waals surface area contributed by atoms with Gasteiger partial charge in [0.2, 0.25) is 0 Å². The zero-order valence-corrected chi connectivity index (χ0v) is 9.61. The first-order valence-electron chi connectivity index (χ1n) is 6.03. The maximum Gasteiger partial charge on any atom is 0.00730 e. The van der Waals surface area contributed by atoms with Gasteiger partial charge in [-0.2, -0.15) is 0 Å². The van der Waals surface area contributed by atoms with Crippen LogP contribution in [0.4, 0.5) is 0 Å². The molecule has 0 unspecified atom stereocenters. The van der Waals surface area contributed by atoms with Crippen molar-refractivity contribution in [3.05, 3.63) is 70.9 Å². The molecule has 3 rings (SSSR count). The number of hydrogen-bond acceptors (Lipinski definition) is 0. The highest BCUT2D eigenvalue weighted by Gasteiger charge is 2.26. The molecule has 0 N–H and O–H groups in total. The molecule has 0 heteroatoms. The third-order valence-corrected chi connectivity index (χ3v) is 3.55. The van der Waals surface area contributed by atoms with Gasteiger partial charge in [-0.15, -0.1) is 0 Å². The van der Waals surface area contributed by atoms with E-state index in [4.69, 9.17) is 0 Å². The van der Waals surface area contributed by atoms with E-state index in [0.717, 1.165) is 12.8 Å². The zero-order chi connectivity index (χ0) is 11.0. The molecule has 3 aliphatic carbocycles. The summed E-state index contributed by atoms with van der Waals surface area (Å²) in [5.74, 6) is 0.544. The van der Waals surface area contributed by atoms with Crippen molar-refractivity contribution >= 4 is 0 Å². The second-order valence-corrected chi connectivity index (χ2v) is 4.54. The van der Waals surface area contributed by atoms with Crippen molar-refractivity contribution in [2.24, 2.45) is 5.92 Å². The van der Waals surface area contributed by atoms with Crippen molar-refractivity contribution < 1.29 is 0 Å². The molecule has 0 fully saturated rings. The first kappa shape index (κ1) is 9.65. The Kier molecular flexibility index (Phi) is 2.28. The largest absolute Gasteiger partial charge is 0.0804 e. The summed E-state index contributed by atoms with van der Waals surface area (Å²) >= 11 is 0. The Morgan fingerprint density at radius 3 is 1.69 bits per heavy atom. The summed E-state index contributed by atoms with van der Waals surface area (Å²) < 4.78 is 0. The third kappa shape index (κ3) is 1.37. The summed E-state index contributed by atoms with van der Waals surface area (Å²) in [7, 11) is 0. The molecule has 0 aromatic carbocycles. The second kappa shape index (κ2) is 3.79. The molecular weight excluding hydrogens is 192 g/mol. The van der Waals surface area contributed by atoms with Crippen LogP contribution in [0.1, 0.15) is 19.8 Å². The van der Waals surface area contributed by atoms with Crippen molar-refractivity contribution in [3.8, 4) is 0 Å². The van der Waals surface area contributed by atoms with Crippen molar-refractivity contribution in [1.29, 1.82) is 0 Å². The van der Waals surface area contributed by atoms with Crippen LogP contribution in [0.15, 0.2) is 70.9 Å². The van der Waals surface area contributed by atoms with Gasteiger partial charge in [-0.1, -0.05) is 55.5 Å². The molecule has 0 aliphatic heterocycles. The van der Waals surface area contributed by atoms with Crippen molar-refractivity contribution in [2.45, 2.75) is 19.8 Å². The van der Waals surface area contributed by atoms with Crippen LogP contribution in [-0.2, 0) is 0 Å². The number of allylic oxidation sites excluding steroid dienone is 12. The lowest BCUT2D eigenvalue weighted by atomic mass is 9.96. The molecular formula is C16H16. The van der Waals surface area contributed by atoms with E-state index in [-0.39, 0.29) is 0 Å². The molecule has 0 bridgehead atoms. The summed E-state index contributed by atoms with van der Waals surface area (Å²) in [5.41, 5.74) is 5.82. The lowest BCUT2D eigenvalue weighted by Gasteiger charge is -2.08. The van der Waals surface area contributed by atoms with Crippen molar-refractivity contribution in [2.75, 3.05) is 0 Å². The fourth-order valence-electron chi connectivity index (χ4n) is 2.70. The molecule has 16 heavy (non-hydrogen) atoms. The fourth-order valence-corrected chi connectivity index (χ4v) is 2.70. The summed E-state index contributed by atoms with van der Waals surface area (Å²) in [6.45, 7) is 2.31. The summed E-state index contributed by atoms with van der Waals surface area (Å²) in [4.78, 5) is 0. The van der Waals surface area contributed by atoms with Gasteiger partial charge in [0, 0.05) is 5.92 Å². The van der Waals surface area contributed by atoms with E-state index >= 15 is 0 Å². The van der Waals surface area contributed by atoms with E-state index < -0.39 is 0 Å². The second-order valence-electron chi connectivity index (χ2n) is 4.54. The normalized spacial score (nSPS) is 23.6. The molecule has 0 aromatic rings. The maximum absolute atomic E-state index is 2.31. The van der Waals surface area contributed by atoms with Gasteiger partial charge in [-0.3, -0.25) is 0 Å². The van der Waals surface area contributed by atoms with E-state index in [1.54, 1.807) is 0 Å². The monoisotopic (exact) mass is 208 g/mol. The Bertz CT molecular complexity index is 444. The summed E-state index contributed by atoms with van der Waals surface area (Å²) in [6, 6.07) is 0. The van der Waals surface area contributed by atoms with Crippen LogP contribution in [0.2, 0.25) is 0 Å². The molecule has 0 nitrogen and oxygen atoms in total. The van der Waals surface area contributed by atoms with E-state index in [0.29, 0.717) is 5.92 Å². The average Bonchev–Trinajstić information content (AvgIpc) is 2.60. The molecule has 0 saturated carbocycles. The molecule has 3 aliphatic rings. The van der Waals surface area contributed by atoms with Gasteiger partial charge in [0.15, 0.2) is 0 Å². The quantitative estimate of drug-likeness (QED) is 0.558. The fraction of sp³-hybridized carbons (Fsp3) is 0.250. The van der Waals surface area contributed by atoms with Crippen LogP contribution < -0.4 is 0 Å². The highest BCUT2D eigenvalue weighted by atomic mass is 14.3. The van der Waals surface area contributed by atoms with Gasteiger partial charge in [-0.05, 0) is 35.1 Å². The standard InChI is InChI=1S/C16H16/c1-12-13-8-4-2-6-10-15(13)16-11-7-3-5-9-14(12)16/h4-12H,2-3H2,1H3. The minimum Gasteiger partial charge on any atom is -0.0804 e. The van der Waals surface area contributed by atoms with Gasteiger partial charge < -0.3 is 0 Å². The topological polar surface area (TPSA) is 0 Å². The molecule has 0 amide bonds. The predicted molar refractivity (Wildman–Crippen MR) is 69.0 cm³/mol. The molecule has 0 aromatic heterocycles. The molecule has 0 heterocycles. The van der Waals surface area contributed by atoms with Crippen LogP contribution in [0.5, 0.6) is 0 Å². The van der Waals surface area contributed by atoms with Gasteiger partial charge in [0.25, 0.3) is 0 Å². The van der Waals surface area contributed by atoms with Crippen LogP contribution in [0.25, 0.3) is 0 Å². The Morgan fingerprint density at radius 2 is 1.19 bits per heavy atom. The minimum absolute atomic E-state index is 0.544. The molecule has 0 spiro atoms. The molecule has 80 valence electrons. The van der Waals surface area contributed by atoms with Gasteiger partial charge in [0.1, 0.15) is 0 Å². The van der Waals surface area contributed by atoms with E-state index in [1.165, 1.54) is 22.3 Å². The summed E-state index contributed by atoms with van der Waals surface area (Å²) in [5, 5.41) is 0. The van der Waals surface area contributed by atoms with Crippen LogP contribution >= 0.6 is 0 Å².